The lowest BCUT2D eigenvalue weighted by Gasteiger charge is -2.23. The summed E-state index contributed by atoms with van der Waals surface area (Å²) in [6.07, 6.45) is 0. The highest BCUT2D eigenvalue weighted by Crippen LogP contribution is 2.19. The van der Waals surface area contributed by atoms with Crippen LogP contribution in [-0.2, 0) is 9.59 Å². The number of nitrogens with one attached hydrogen (secondary N) is 3. The maximum absolute atomic E-state index is 12.3. The summed E-state index contributed by atoms with van der Waals surface area (Å²) in [5.41, 5.74) is 1.70. The van der Waals surface area contributed by atoms with Crippen molar-refractivity contribution in [2.24, 2.45) is 0 Å². The van der Waals surface area contributed by atoms with E-state index in [-0.39, 0.29) is 24.4 Å². The molecule has 0 aromatic heterocycles. The van der Waals surface area contributed by atoms with Crippen molar-refractivity contribution < 1.29 is 19.3 Å². The number of halogens is 1. The summed E-state index contributed by atoms with van der Waals surface area (Å²) >= 11 is 3.38. The third kappa shape index (κ3) is 4.33. The van der Waals surface area contributed by atoms with Gasteiger partial charge in [-0.05, 0) is 37.6 Å². The van der Waals surface area contributed by atoms with Crippen LogP contribution in [-0.4, -0.2) is 55.5 Å². The number of anilines is 1. The standard InChI is InChI=1S/C16H21BrN4O3/c1-10-8-12(17)4-5-13(10)19-14(22)9-20(3)11(2)15(23)21-7-6-18-16(21)24/h4-5,8,11H,6-7,9H2,1-3H3,(H,18,24)(H,19,22)/p+1/t11-/m0/s1. The number of aryl methyl sites for hydroxylation is 1. The second-order valence-electron chi connectivity index (χ2n) is 5.97. The molecule has 130 valence electrons. The smallest absolute Gasteiger partial charge is 0.324 e. The van der Waals surface area contributed by atoms with Crippen LogP contribution in [0.4, 0.5) is 10.5 Å². The number of likely N-dealkylation sites (N-methyl/N-ethyl adjacent to an activating group) is 1. The van der Waals surface area contributed by atoms with Gasteiger partial charge >= 0.3 is 6.03 Å². The maximum Gasteiger partial charge on any atom is 0.324 e. The maximum atomic E-state index is 12.3. The lowest BCUT2D eigenvalue weighted by Crippen LogP contribution is -3.15. The summed E-state index contributed by atoms with van der Waals surface area (Å²) in [7, 11) is 1.77. The number of amides is 4. The quantitative estimate of drug-likeness (QED) is 0.661. The molecule has 4 amide bonds. The Morgan fingerprint density at radius 2 is 2.17 bits per heavy atom. The van der Waals surface area contributed by atoms with Crippen LogP contribution in [0.2, 0.25) is 0 Å². The zero-order valence-corrected chi connectivity index (χ0v) is 15.6. The topological polar surface area (TPSA) is 82.9 Å². The van der Waals surface area contributed by atoms with Crippen LogP contribution < -0.4 is 15.5 Å². The number of nitrogens with zero attached hydrogens (tertiary/aromatic N) is 1. The van der Waals surface area contributed by atoms with Crippen molar-refractivity contribution in [3.8, 4) is 0 Å². The zero-order valence-electron chi connectivity index (χ0n) is 14.0. The van der Waals surface area contributed by atoms with Gasteiger partial charge in [0.1, 0.15) is 0 Å². The molecule has 8 heteroatoms. The molecule has 1 aliphatic heterocycles. The minimum Gasteiger partial charge on any atom is -0.336 e. The van der Waals surface area contributed by atoms with E-state index in [1.54, 1.807) is 14.0 Å². The van der Waals surface area contributed by atoms with Crippen molar-refractivity contribution >= 4 is 39.5 Å². The monoisotopic (exact) mass is 397 g/mol. The van der Waals surface area contributed by atoms with Crippen molar-refractivity contribution in [2.75, 3.05) is 32.0 Å². The summed E-state index contributed by atoms with van der Waals surface area (Å²) in [5, 5.41) is 5.46. The summed E-state index contributed by atoms with van der Waals surface area (Å²) in [6, 6.07) is 4.76. The second kappa shape index (κ2) is 7.76. The van der Waals surface area contributed by atoms with E-state index < -0.39 is 6.04 Å². The van der Waals surface area contributed by atoms with Gasteiger partial charge < -0.3 is 15.5 Å². The van der Waals surface area contributed by atoms with Gasteiger partial charge in [-0.25, -0.2) is 4.79 Å². The number of carbonyl (C=O) groups excluding carboxylic acids is 3. The molecular formula is C16H22BrN4O3+. The Morgan fingerprint density at radius 3 is 2.75 bits per heavy atom. The number of hydrogen-bond donors (Lipinski definition) is 3. The van der Waals surface area contributed by atoms with E-state index in [2.05, 4.69) is 26.6 Å². The van der Waals surface area contributed by atoms with Crippen molar-refractivity contribution in [1.29, 1.82) is 0 Å². The predicted octanol–water partition coefficient (Wildman–Crippen LogP) is 0.151. The lowest BCUT2D eigenvalue weighted by atomic mass is 10.2. The van der Waals surface area contributed by atoms with Gasteiger partial charge in [0.25, 0.3) is 11.8 Å². The fourth-order valence-electron chi connectivity index (χ4n) is 2.49. The van der Waals surface area contributed by atoms with Crippen molar-refractivity contribution in [1.82, 2.24) is 10.2 Å². The summed E-state index contributed by atoms with van der Waals surface area (Å²) in [6.45, 7) is 4.62. The first-order valence-corrected chi connectivity index (χ1v) is 8.56. The van der Waals surface area contributed by atoms with Crippen molar-refractivity contribution in [3.05, 3.63) is 28.2 Å². The molecule has 0 bridgehead atoms. The molecule has 0 aliphatic carbocycles. The minimum absolute atomic E-state index is 0.137. The molecule has 0 radical (unpaired) electrons. The van der Waals surface area contributed by atoms with Gasteiger partial charge in [0.2, 0.25) is 0 Å². The van der Waals surface area contributed by atoms with E-state index in [1.165, 1.54) is 4.90 Å². The molecule has 1 unspecified atom stereocenters. The van der Waals surface area contributed by atoms with Crippen LogP contribution >= 0.6 is 15.9 Å². The van der Waals surface area contributed by atoms with Crippen LogP contribution in [0.5, 0.6) is 0 Å². The highest BCUT2D eigenvalue weighted by molar-refractivity contribution is 9.10. The molecule has 1 heterocycles. The first kappa shape index (κ1) is 18.4. The van der Waals surface area contributed by atoms with Gasteiger partial charge in [0.05, 0.1) is 7.05 Å². The van der Waals surface area contributed by atoms with Crippen molar-refractivity contribution in [3.63, 3.8) is 0 Å². The summed E-state index contributed by atoms with van der Waals surface area (Å²) in [5.74, 6) is -0.446. The molecule has 1 saturated heterocycles. The third-order valence-corrected chi connectivity index (χ3v) is 4.63. The van der Waals surface area contributed by atoms with Gasteiger partial charge in [-0.1, -0.05) is 15.9 Å². The molecule has 2 rings (SSSR count). The first-order chi connectivity index (χ1) is 11.3. The van der Waals surface area contributed by atoms with Crippen molar-refractivity contribution in [2.45, 2.75) is 19.9 Å². The minimum atomic E-state index is -0.481. The summed E-state index contributed by atoms with van der Waals surface area (Å²) < 4.78 is 0.948. The van der Waals surface area contributed by atoms with E-state index in [0.717, 1.165) is 20.6 Å². The van der Waals surface area contributed by atoms with E-state index in [4.69, 9.17) is 0 Å². The van der Waals surface area contributed by atoms with Crippen LogP contribution in [0.25, 0.3) is 0 Å². The zero-order chi connectivity index (χ0) is 17.9. The average molecular weight is 398 g/mol. The number of hydrogen-bond acceptors (Lipinski definition) is 3. The molecule has 1 aromatic rings. The van der Waals surface area contributed by atoms with Crippen LogP contribution in [0.15, 0.2) is 22.7 Å². The number of carbonyl (C=O) groups is 3. The molecule has 2 atom stereocenters. The predicted molar refractivity (Wildman–Crippen MR) is 93.8 cm³/mol. The molecule has 24 heavy (non-hydrogen) atoms. The molecule has 1 fully saturated rings. The molecule has 3 N–H and O–H groups in total. The Morgan fingerprint density at radius 1 is 1.46 bits per heavy atom. The number of imide groups is 1. The molecule has 0 spiro atoms. The van der Waals surface area contributed by atoms with E-state index in [1.807, 2.05) is 25.1 Å². The van der Waals surface area contributed by atoms with E-state index in [0.29, 0.717) is 13.1 Å². The molecule has 1 aliphatic rings. The SMILES string of the molecule is Cc1cc(Br)ccc1NC(=O)C[NH+](C)[C@@H](C)C(=O)N1CCNC1=O. The van der Waals surface area contributed by atoms with Crippen LogP contribution in [0.1, 0.15) is 12.5 Å². The number of quaternary nitrogens is 1. The third-order valence-electron chi connectivity index (χ3n) is 4.13. The number of benzene rings is 1. The number of rotatable bonds is 5. The molecule has 7 nitrogen and oxygen atoms in total. The fraction of sp³-hybridized carbons (Fsp3) is 0.438. The van der Waals surface area contributed by atoms with Gasteiger partial charge in [0.15, 0.2) is 12.6 Å². The lowest BCUT2D eigenvalue weighted by molar-refractivity contribution is -0.886. The second-order valence-corrected chi connectivity index (χ2v) is 6.89. The Hall–Kier alpha value is -1.93. The largest absolute Gasteiger partial charge is 0.336 e. The molecular weight excluding hydrogens is 376 g/mol. The van der Waals surface area contributed by atoms with Gasteiger partial charge in [-0.3, -0.25) is 14.5 Å². The molecule has 0 saturated carbocycles. The van der Waals surface area contributed by atoms with Crippen LogP contribution in [0, 0.1) is 6.92 Å². The van der Waals surface area contributed by atoms with E-state index >= 15 is 0 Å². The Bertz CT molecular complexity index is 665. The fourth-order valence-corrected chi connectivity index (χ4v) is 2.97. The van der Waals surface area contributed by atoms with E-state index in [9.17, 15) is 14.4 Å². The highest BCUT2D eigenvalue weighted by atomic mass is 79.9. The Balaban J connectivity index is 1.92. The highest BCUT2D eigenvalue weighted by Gasteiger charge is 2.34. The normalized spacial score (nSPS) is 16.5. The molecule has 1 aromatic carbocycles. The van der Waals surface area contributed by atoms with Gasteiger partial charge in [0, 0.05) is 23.2 Å². The number of urea groups is 1. The Labute approximate surface area is 149 Å². The first-order valence-electron chi connectivity index (χ1n) is 7.77. The average Bonchev–Trinajstić information content (AvgIpc) is 2.94. The Kier molecular flexibility index (Phi) is 5.95. The summed E-state index contributed by atoms with van der Waals surface area (Å²) in [4.78, 5) is 38.1. The van der Waals surface area contributed by atoms with Crippen LogP contribution in [0.3, 0.4) is 0 Å². The van der Waals surface area contributed by atoms with Gasteiger partial charge in [-0.2, -0.15) is 0 Å². The van der Waals surface area contributed by atoms with Gasteiger partial charge in [-0.15, -0.1) is 0 Å².